The van der Waals surface area contributed by atoms with Crippen molar-refractivity contribution in [1.82, 2.24) is 9.97 Å². The van der Waals surface area contributed by atoms with E-state index < -0.39 is 6.36 Å². The van der Waals surface area contributed by atoms with Gasteiger partial charge in [-0.3, -0.25) is 10.1 Å². The van der Waals surface area contributed by atoms with Gasteiger partial charge in [0.25, 0.3) is 5.91 Å². The molecule has 3 rings (SSSR count). The molecule has 128 valence electrons. The summed E-state index contributed by atoms with van der Waals surface area (Å²) in [4.78, 5) is 20.7. The first-order valence-corrected chi connectivity index (χ1v) is 7.83. The van der Waals surface area contributed by atoms with Gasteiger partial charge in [-0.05, 0) is 41.8 Å². The highest BCUT2D eigenvalue weighted by Gasteiger charge is 2.30. The Labute approximate surface area is 144 Å². The number of nitrogens with one attached hydrogen (secondary N) is 1. The Kier molecular flexibility index (Phi) is 4.66. The number of ether oxygens (including phenoxy) is 1. The normalized spacial score (nSPS) is 11.2. The predicted molar refractivity (Wildman–Crippen MR) is 86.4 cm³/mol. The molecule has 0 spiro atoms. The molecule has 0 saturated heterocycles. The first kappa shape index (κ1) is 16.9. The van der Waals surface area contributed by atoms with Gasteiger partial charge in [-0.15, -0.1) is 24.5 Å². The Morgan fingerprint density at radius 2 is 1.88 bits per heavy atom. The maximum Gasteiger partial charge on any atom is 0.573 e. The number of alkyl halides is 3. The molecule has 0 aliphatic heterocycles. The van der Waals surface area contributed by atoms with E-state index in [0.29, 0.717) is 16.1 Å². The summed E-state index contributed by atoms with van der Waals surface area (Å²) in [6, 6.07) is 10.3. The highest BCUT2D eigenvalue weighted by atomic mass is 32.1. The molecule has 1 amide bonds. The van der Waals surface area contributed by atoms with Gasteiger partial charge in [0.1, 0.15) is 5.75 Å². The number of thiophene rings is 1. The lowest BCUT2D eigenvalue weighted by molar-refractivity contribution is -0.274. The zero-order valence-electron chi connectivity index (χ0n) is 12.4. The van der Waals surface area contributed by atoms with Crippen molar-refractivity contribution < 1.29 is 22.7 Å². The molecule has 0 unspecified atom stereocenters. The van der Waals surface area contributed by atoms with Crippen LogP contribution in [-0.2, 0) is 0 Å². The summed E-state index contributed by atoms with van der Waals surface area (Å²) >= 11 is 1.28. The number of halogens is 3. The molecular formula is C16H10F3N3O2S. The Hall–Kier alpha value is -2.94. The van der Waals surface area contributed by atoms with Gasteiger partial charge in [0, 0.05) is 11.8 Å². The molecule has 2 aromatic heterocycles. The molecule has 5 nitrogen and oxygen atoms in total. The van der Waals surface area contributed by atoms with Crippen molar-refractivity contribution in [2.45, 2.75) is 6.36 Å². The molecule has 9 heteroatoms. The van der Waals surface area contributed by atoms with Crippen molar-refractivity contribution >= 4 is 23.2 Å². The summed E-state index contributed by atoms with van der Waals surface area (Å²) in [5.74, 6) is -0.552. The largest absolute Gasteiger partial charge is 0.573 e. The Morgan fingerprint density at radius 3 is 2.52 bits per heavy atom. The maximum atomic E-state index is 12.2. The molecule has 1 aromatic carbocycles. The summed E-state index contributed by atoms with van der Waals surface area (Å²) in [6.07, 6.45) is -3.29. The lowest BCUT2D eigenvalue weighted by atomic mass is 10.1. The Morgan fingerprint density at radius 1 is 1.12 bits per heavy atom. The SMILES string of the molecule is O=C(Nc1nccc(-c2ccc(OC(F)(F)F)cc2)n1)c1cccs1. The first-order chi connectivity index (χ1) is 11.9. The molecule has 0 radical (unpaired) electrons. The van der Waals surface area contributed by atoms with Gasteiger partial charge < -0.3 is 4.74 Å². The number of amides is 1. The zero-order valence-corrected chi connectivity index (χ0v) is 13.3. The van der Waals surface area contributed by atoms with Gasteiger partial charge in [0.2, 0.25) is 5.95 Å². The van der Waals surface area contributed by atoms with Gasteiger partial charge in [-0.2, -0.15) is 0 Å². The zero-order chi connectivity index (χ0) is 17.9. The van der Waals surface area contributed by atoms with E-state index in [4.69, 9.17) is 0 Å². The number of aromatic nitrogens is 2. The highest BCUT2D eigenvalue weighted by molar-refractivity contribution is 7.12. The molecular weight excluding hydrogens is 355 g/mol. The third kappa shape index (κ3) is 4.54. The number of rotatable bonds is 4. The van der Waals surface area contributed by atoms with Gasteiger partial charge in [0.05, 0.1) is 10.6 Å². The molecule has 0 bridgehead atoms. The van der Waals surface area contributed by atoms with E-state index in [2.05, 4.69) is 20.0 Å². The second kappa shape index (κ2) is 6.89. The monoisotopic (exact) mass is 365 g/mol. The van der Waals surface area contributed by atoms with Gasteiger partial charge in [-0.1, -0.05) is 6.07 Å². The maximum absolute atomic E-state index is 12.2. The van der Waals surface area contributed by atoms with Crippen molar-refractivity contribution in [1.29, 1.82) is 0 Å². The lowest BCUT2D eigenvalue weighted by Crippen LogP contribution is -2.16. The van der Waals surface area contributed by atoms with Crippen LogP contribution in [-0.4, -0.2) is 22.2 Å². The topological polar surface area (TPSA) is 64.1 Å². The summed E-state index contributed by atoms with van der Waals surface area (Å²) < 4.78 is 40.3. The van der Waals surface area contributed by atoms with Gasteiger partial charge in [0.15, 0.2) is 0 Å². The average molecular weight is 365 g/mol. The van der Waals surface area contributed by atoms with Crippen LogP contribution >= 0.6 is 11.3 Å². The molecule has 3 aromatic rings. The number of nitrogens with zero attached hydrogens (tertiary/aromatic N) is 2. The molecule has 0 aliphatic rings. The fourth-order valence-electron chi connectivity index (χ4n) is 1.98. The molecule has 1 N–H and O–H groups in total. The van der Waals surface area contributed by atoms with Crippen molar-refractivity contribution in [3.63, 3.8) is 0 Å². The molecule has 25 heavy (non-hydrogen) atoms. The van der Waals surface area contributed by atoms with Gasteiger partial charge >= 0.3 is 6.36 Å². The number of carbonyl (C=O) groups excluding carboxylic acids is 1. The fourth-order valence-corrected chi connectivity index (χ4v) is 2.60. The standard InChI is InChI=1S/C16H10F3N3O2S/c17-16(18,19)24-11-5-3-10(4-6-11)12-7-8-20-15(21-12)22-14(23)13-2-1-9-25-13/h1-9H,(H,20,21,22,23). The first-order valence-electron chi connectivity index (χ1n) is 6.95. The smallest absolute Gasteiger partial charge is 0.406 e. The van der Waals surface area contributed by atoms with Crippen LogP contribution in [0.4, 0.5) is 19.1 Å². The number of anilines is 1. The van der Waals surface area contributed by atoms with Crippen molar-refractivity contribution in [2.75, 3.05) is 5.32 Å². The van der Waals surface area contributed by atoms with Crippen LogP contribution < -0.4 is 10.1 Å². The summed E-state index contributed by atoms with van der Waals surface area (Å²) in [5.41, 5.74) is 1.01. The number of carbonyl (C=O) groups is 1. The molecule has 0 atom stereocenters. The molecule has 0 saturated carbocycles. The number of hydrogen-bond donors (Lipinski definition) is 1. The minimum atomic E-state index is -4.74. The number of benzene rings is 1. The van der Waals surface area contributed by atoms with Crippen molar-refractivity contribution in [3.05, 3.63) is 58.9 Å². The Bertz CT molecular complexity index is 865. The minimum absolute atomic E-state index is 0.103. The molecule has 0 fully saturated rings. The minimum Gasteiger partial charge on any atom is -0.406 e. The summed E-state index contributed by atoms with van der Waals surface area (Å²) in [5, 5.41) is 4.35. The van der Waals surface area contributed by atoms with Crippen molar-refractivity contribution in [3.8, 4) is 17.0 Å². The number of hydrogen-bond acceptors (Lipinski definition) is 5. The van der Waals surface area contributed by atoms with E-state index in [1.54, 1.807) is 23.6 Å². The fraction of sp³-hybridized carbons (Fsp3) is 0.0625. The highest BCUT2D eigenvalue weighted by Crippen LogP contribution is 2.26. The van der Waals surface area contributed by atoms with E-state index >= 15 is 0 Å². The lowest BCUT2D eigenvalue weighted by Gasteiger charge is -2.09. The van der Waals surface area contributed by atoms with E-state index in [1.807, 2.05) is 0 Å². The van der Waals surface area contributed by atoms with Crippen LogP contribution in [0, 0.1) is 0 Å². The van der Waals surface area contributed by atoms with Crippen LogP contribution in [0.15, 0.2) is 54.0 Å². The van der Waals surface area contributed by atoms with Crippen molar-refractivity contribution in [2.24, 2.45) is 0 Å². The van der Waals surface area contributed by atoms with E-state index in [-0.39, 0.29) is 17.6 Å². The summed E-state index contributed by atoms with van der Waals surface area (Å²) in [7, 11) is 0. The Balaban J connectivity index is 1.76. The van der Waals surface area contributed by atoms with Crippen LogP contribution in [0.5, 0.6) is 5.75 Å². The van der Waals surface area contributed by atoms with E-state index in [1.165, 1.54) is 41.8 Å². The average Bonchev–Trinajstić information content (AvgIpc) is 3.09. The predicted octanol–water partition coefficient (Wildman–Crippen LogP) is 4.36. The van der Waals surface area contributed by atoms with Crippen LogP contribution in [0.25, 0.3) is 11.3 Å². The third-order valence-corrected chi connectivity index (χ3v) is 3.88. The summed E-state index contributed by atoms with van der Waals surface area (Å²) in [6.45, 7) is 0. The second-order valence-corrected chi connectivity index (χ2v) is 5.72. The van der Waals surface area contributed by atoms with Crippen LogP contribution in [0.2, 0.25) is 0 Å². The third-order valence-electron chi connectivity index (χ3n) is 3.01. The van der Waals surface area contributed by atoms with Gasteiger partial charge in [-0.25, -0.2) is 9.97 Å². The van der Waals surface area contributed by atoms with Crippen LogP contribution in [0.1, 0.15) is 9.67 Å². The second-order valence-electron chi connectivity index (χ2n) is 4.77. The van der Waals surface area contributed by atoms with Crippen LogP contribution in [0.3, 0.4) is 0 Å². The quantitative estimate of drug-likeness (QED) is 0.746. The van der Waals surface area contributed by atoms with E-state index in [9.17, 15) is 18.0 Å². The molecule has 0 aliphatic carbocycles. The van der Waals surface area contributed by atoms with E-state index in [0.717, 1.165) is 0 Å². The molecule has 2 heterocycles.